The van der Waals surface area contributed by atoms with Crippen molar-refractivity contribution in [3.63, 3.8) is 0 Å². The summed E-state index contributed by atoms with van der Waals surface area (Å²) in [7, 11) is -3.48. The van der Waals surface area contributed by atoms with Crippen molar-refractivity contribution in [2.75, 3.05) is 19.4 Å². The number of hydrogen-bond donors (Lipinski definition) is 2. The number of nitrogens with one attached hydrogen (secondary N) is 1. The summed E-state index contributed by atoms with van der Waals surface area (Å²) in [6.45, 7) is 9.77. The molecule has 0 bridgehead atoms. The summed E-state index contributed by atoms with van der Waals surface area (Å²) >= 11 is 0. The summed E-state index contributed by atoms with van der Waals surface area (Å²) in [4.78, 5) is 9.83. The summed E-state index contributed by atoms with van der Waals surface area (Å²) in [6.07, 6.45) is 8.09. The van der Waals surface area contributed by atoms with Crippen LogP contribution in [-0.2, 0) is 9.09 Å². The summed E-state index contributed by atoms with van der Waals surface area (Å²) in [5, 5.41) is 3.12. The Balaban J connectivity index is 3.92. The van der Waals surface area contributed by atoms with Crippen molar-refractivity contribution in [1.29, 1.82) is 0 Å². The highest BCUT2D eigenvalue weighted by molar-refractivity contribution is 7.52. The first kappa shape index (κ1) is 21.1. The minimum Gasteiger partial charge on any atom is -0.323 e. The maximum absolute atomic E-state index is 12.0. The van der Waals surface area contributed by atoms with E-state index in [1.807, 2.05) is 0 Å². The zero-order valence-electron chi connectivity index (χ0n) is 14.4. The first-order chi connectivity index (χ1) is 9.95. The van der Waals surface area contributed by atoms with E-state index in [1.54, 1.807) is 0 Å². The third-order valence-electron chi connectivity index (χ3n) is 3.75. The standard InChI is InChI=1S/C16H36NO3P/c1-5-8-11-15(4)13-20-21(18,19)14-17-12-16(9-6-2)10-7-3/h15-17H,5-14H2,1-4H3,(H,18,19). The van der Waals surface area contributed by atoms with E-state index >= 15 is 0 Å². The fraction of sp³-hybridized carbons (Fsp3) is 1.00. The van der Waals surface area contributed by atoms with Crippen LogP contribution in [0.2, 0.25) is 0 Å². The van der Waals surface area contributed by atoms with Crippen molar-refractivity contribution in [3.8, 4) is 0 Å². The normalized spacial score (nSPS) is 16.1. The molecule has 2 unspecified atom stereocenters. The van der Waals surface area contributed by atoms with Crippen LogP contribution >= 0.6 is 7.60 Å². The van der Waals surface area contributed by atoms with Gasteiger partial charge >= 0.3 is 7.60 Å². The smallest absolute Gasteiger partial charge is 0.323 e. The largest absolute Gasteiger partial charge is 0.341 e. The van der Waals surface area contributed by atoms with Crippen LogP contribution in [0.4, 0.5) is 0 Å². The van der Waals surface area contributed by atoms with E-state index in [0.29, 0.717) is 18.4 Å². The molecule has 0 aliphatic heterocycles. The highest BCUT2D eigenvalue weighted by Gasteiger charge is 2.20. The van der Waals surface area contributed by atoms with Crippen molar-refractivity contribution in [2.45, 2.75) is 72.6 Å². The topological polar surface area (TPSA) is 58.6 Å². The van der Waals surface area contributed by atoms with E-state index in [1.165, 1.54) is 12.8 Å². The van der Waals surface area contributed by atoms with Crippen LogP contribution in [0.1, 0.15) is 72.6 Å². The molecule has 0 aromatic heterocycles. The van der Waals surface area contributed by atoms with E-state index in [4.69, 9.17) is 4.52 Å². The molecule has 0 radical (unpaired) electrons. The van der Waals surface area contributed by atoms with Crippen molar-refractivity contribution >= 4 is 7.60 Å². The monoisotopic (exact) mass is 321 g/mol. The first-order valence-corrected chi connectivity index (χ1v) is 10.4. The molecular formula is C16H36NO3P. The maximum Gasteiger partial charge on any atom is 0.341 e. The van der Waals surface area contributed by atoms with Crippen LogP contribution in [0.15, 0.2) is 0 Å². The molecule has 0 saturated carbocycles. The molecule has 21 heavy (non-hydrogen) atoms. The van der Waals surface area contributed by atoms with Gasteiger partial charge in [-0.15, -0.1) is 0 Å². The SMILES string of the molecule is CCCCC(C)COP(=O)(O)CNCC(CCC)CCC. The fourth-order valence-corrected chi connectivity index (χ4v) is 3.49. The van der Waals surface area contributed by atoms with Crippen molar-refractivity contribution in [1.82, 2.24) is 5.32 Å². The predicted molar refractivity (Wildman–Crippen MR) is 90.6 cm³/mol. The van der Waals surface area contributed by atoms with Crippen LogP contribution in [-0.4, -0.2) is 24.3 Å². The Bertz CT molecular complexity index is 281. The molecule has 0 aliphatic rings. The summed E-state index contributed by atoms with van der Waals surface area (Å²) in [6, 6.07) is 0. The van der Waals surface area contributed by atoms with Gasteiger partial charge in [-0.05, 0) is 37.6 Å². The minimum atomic E-state index is -3.48. The quantitative estimate of drug-likeness (QED) is 0.452. The Morgan fingerprint density at radius 3 is 2.24 bits per heavy atom. The lowest BCUT2D eigenvalue weighted by Crippen LogP contribution is -2.24. The van der Waals surface area contributed by atoms with Gasteiger partial charge in [-0.3, -0.25) is 4.57 Å². The van der Waals surface area contributed by atoms with E-state index in [0.717, 1.165) is 38.6 Å². The van der Waals surface area contributed by atoms with Gasteiger partial charge in [0, 0.05) is 0 Å². The van der Waals surface area contributed by atoms with Crippen molar-refractivity contribution in [2.24, 2.45) is 11.8 Å². The summed E-state index contributed by atoms with van der Waals surface area (Å²) in [5.41, 5.74) is 0. The Labute approximate surface area is 131 Å². The molecule has 5 heteroatoms. The van der Waals surface area contributed by atoms with Crippen LogP contribution in [0.25, 0.3) is 0 Å². The van der Waals surface area contributed by atoms with Gasteiger partial charge in [0.05, 0.1) is 12.9 Å². The second kappa shape index (κ2) is 12.6. The van der Waals surface area contributed by atoms with Gasteiger partial charge in [-0.1, -0.05) is 53.4 Å². The second-order valence-electron chi connectivity index (χ2n) is 6.24. The van der Waals surface area contributed by atoms with Gasteiger partial charge in [-0.2, -0.15) is 0 Å². The Hall–Kier alpha value is 0.110. The summed E-state index contributed by atoms with van der Waals surface area (Å²) < 4.78 is 17.2. The van der Waals surface area contributed by atoms with Gasteiger partial charge < -0.3 is 14.7 Å². The molecule has 2 N–H and O–H groups in total. The Kier molecular flexibility index (Phi) is 12.7. The average Bonchev–Trinajstić information content (AvgIpc) is 2.43. The van der Waals surface area contributed by atoms with Gasteiger partial charge in [0.15, 0.2) is 0 Å². The van der Waals surface area contributed by atoms with Crippen LogP contribution in [0.5, 0.6) is 0 Å². The van der Waals surface area contributed by atoms with Gasteiger partial charge in [0.25, 0.3) is 0 Å². The van der Waals surface area contributed by atoms with Crippen LogP contribution < -0.4 is 5.32 Å². The van der Waals surface area contributed by atoms with E-state index in [2.05, 4.69) is 33.0 Å². The zero-order chi connectivity index (χ0) is 16.1. The molecule has 0 saturated heterocycles. The molecule has 2 atom stereocenters. The van der Waals surface area contributed by atoms with E-state index in [-0.39, 0.29) is 6.29 Å². The predicted octanol–water partition coefficient (Wildman–Crippen LogP) is 4.78. The number of hydrogen-bond acceptors (Lipinski definition) is 3. The van der Waals surface area contributed by atoms with Gasteiger partial charge in [0.1, 0.15) is 0 Å². The highest BCUT2D eigenvalue weighted by Crippen LogP contribution is 2.41. The molecule has 0 rings (SSSR count). The first-order valence-electron chi connectivity index (χ1n) is 8.62. The highest BCUT2D eigenvalue weighted by atomic mass is 31.2. The Morgan fingerprint density at radius 1 is 1.10 bits per heavy atom. The number of rotatable bonds is 14. The molecular weight excluding hydrogens is 285 g/mol. The van der Waals surface area contributed by atoms with E-state index < -0.39 is 7.60 Å². The molecule has 4 nitrogen and oxygen atoms in total. The molecule has 0 heterocycles. The van der Waals surface area contributed by atoms with Crippen molar-refractivity contribution < 1.29 is 14.0 Å². The lowest BCUT2D eigenvalue weighted by atomic mass is 9.98. The lowest BCUT2D eigenvalue weighted by Gasteiger charge is -2.19. The molecule has 0 aromatic carbocycles. The molecule has 0 fully saturated rings. The zero-order valence-corrected chi connectivity index (χ0v) is 15.3. The molecule has 0 spiro atoms. The maximum atomic E-state index is 12.0. The van der Waals surface area contributed by atoms with E-state index in [9.17, 15) is 9.46 Å². The molecule has 0 aromatic rings. The van der Waals surface area contributed by atoms with Gasteiger partial charge in [-0.25, -0.2) is 0 Å². The second-order valence-corrected chi connectivity index (χ2v) is 8.09. The number of unbranched alkanes of at least 4 members (excludes halogenated alkanes) is 1. The molecule has 0 aliphatic carbocycles. The third-order valence-corrected chi connectivity index (χ3v) is 4.93. The van der Waals surface area contributed by atoms with Gasteiger partial charge in [0.2, 0.25) is 0 Å². The molecule has 128 valence electrons. The van der Waals surface area contributed by atoms with Crippen LogP contribution in [0, 0.1) is 11.8 Å². The Morgan fingerprint density at radius 2 is 1.71 bits per heavy atom. The van der Waals surface area contributed by atoms with Crippen LogP contribution in [0.3, 0.4) is 0 Å². The fourth-order valence-electron chi connectivity index (χ4n) is 2.50. The average molecular weight is 321 g/mol. The minimum absolute atomic E-state index is 0.0669. The third kappa shape index (κ3) is 12.3. The lowest BCUT2D eigenvalue weighted by molar-refractivity contribution is 0.213. The summed E-state index contributed by atoms with van der Waals surface area (Å²) in [5.74, 6) is 0.946. The van der Waals surface area contributed by atoms with Crippen molar-refractivity contribution in [3.05, 3.63) is 0 Å². The molecule has 0 amide bonds.